The van der Waals surface area contributed by atoms with Gasteiger partial charge in [-0.1, -0.05) is 17.7 Å². The molecule has 4 heterocycles. The summed E-state index contributed by atoms with van der Waals surface area (Å²) in [6, 6.07) is 12.5. The maximum atomic E-state index is 13.6. The number of benzene rings is 1. The van der Waals surface area contributed by atoms with Crippen molar-refractivity contribution in [2.75, 3.05) is 26.3 Å². The summed E-state index contributed by atoms with van der Waals surface area (Å²) in [5.41, 5.74) is 3.00. The molecule has 5 rings (SSSR count). The summed E-state index contributed by atoms with van der Waals surface area (Å²) in [5.74, 6) is -0.261. The van der Waals surface area contributed by atoms with Crippen LogP contribution in [0.15, 0.2) is 53.5 Å². The van der Waals surface area contributed by atoms with Gasteiger partial charge in [0, 0.05) is 30.0 Å². The van der Waals surface area contributed by atoms with E-state index in [1.54, 1.807) is 53.9 Å². The van der Waals surface area contributed by atoms with Crippen LogP contribution in [-0.4, -0.2) is 62.2 Å². The predicted molar refractivity (Wildman–Crippen MR) is 150 cm³/mol. The summed E-state index contributed by atoms with van der Waals surface area (Å²) in [4.78, 5) is 44.8. The number of hydrogen-bond acceptors (Lipinski definition) is 7. The van der Waals surface area contributed by atoms with Gasteiger partial charge in [0.05, 0.1) is 29.5 Å². The average molecular weight is 564 g/mol. The number of pyridine rings is 1. The molecule has 1 aliphatic rings. The van der Waals surface area contributed by atoms with E-state index in [1.807, 2.05) is 25.1 Å². The van der Waals surface area contributed by atoms with Crippen LogP contribution in [0.5, 0.6) is 5.75 Å². The molecule has 0 N–H and O–H groups in total. The third-order valence-electron chi connectivity index (χ3n) is 7.01. The average Bonchev–Trinajstić information content (AvgIpc) is 3.33. The van der Waals surface area contributed by atoms with E-state index in [2.05, 4.69) is 10.1 Å². The van der Waals surface area contributed by atoms with Crippen LogP contribution in [0.3, 0.4) is 0 Å². The number of halogens is 1. The fourth-order valence-corrected chi connectivity index (χ4v) is 5.16. The number of aryl methyl sites for hydroxylation is 2. The first-order valence-electron chi connectivity index (χ1n) is 13.2. The molecule has 11 heteroatoms. The Kier molecular flexibility index (Phi) is 7.88. The molecule has 40 heavy (non-hydrogen) atoms. The van der Waals surface area contributed by atoms with Crippen LogP contribution >= 0.6 is 11.6 Å². The zero-order valence-corrected chi connectivity index (χ0v) is 23.3. The number of carbonyl (C=O) groups excluding carboxylic acids is 2. The number of aromatic nitrogens is 4. The van der Waals surface area contributed by atoms with Crippen LogP contribution in [0.4, 0.5) is 0 Å². The molecule has 3 aromatic heterocycles. The number of nitrogens with zero attached hydrogens (tertiary/aromatic N) is 5. The van der Waals surface area contributed by atoms with Crippen molar-refractivity contribution in [2.24, 2.45) is 5.92 Å². The number of amides is 1. The number of rotatable bonds is 7. The highest BCUT2D eigenvalue weighted by atomic mass is 35.5. The minimum atomic E-state index is -0.295. The van der Waals surface area contributed by atoms with E-state index in [-0.39, 0.29) is 30.0 Å². The van der Waals surface area contributed by atoms with Gasteiger partial charge in [-0.15, -0.1) is 0 Å². The second-order valence-electron chi connectivity index (χ2n) is 9.70. The number of fused-ring (bicyclic) bond motifs is 1. The van der Waals surface area contributed by atoms with E-state index < -0.39 is 0 Å². The van der Waals surface area contributed by atoms with Gasteiger partial charge in [0.25, 0.3) is 11.5 Å². The number of piperidine rings is 1. The molecule has 1 amide bonds. The van der Waals surface area contributed by atoms with Crippen LogP contribution in [0.1, 0.15) is 31.2 Å². The minimum absolute atomic E-state index is 0.183. The summed E-state index contributed by atoms with van der Waals surface area (Å²) in [7, 11) is 0. The van der Waals surface area contributed by atoms with Gasteiger partial charge in [-0.05, 0) is 70.0 Å². The fraction of sp³-hybridized carbons (Fsp3) is 0.345. The van der Waals surface area contributed by atoms with Crippen LogP contribution in [0.2, 0.25) is 5.02 Å². The zero-order chi connectivity index (χ0) is 28.4. The number of hydrogen-bond donors (Lipinski definition) is 0. The van der Waals surface area contributed by atoms with Crippen molar-refractivity contribution in [1.82, 2.24) is 24.1 Å². The van der Waals surface area contributed by atoms with Crippen molar-refractivity contribution in [3.8, 4) is 22.7 Å². The number of ether oxygens (including phenoxy) is 2. The molecular weight excluding hydrogens is 534 g/mol. The van der Waals surface area contributed by atoms with E-state index in [0.29, 0.717) is 65.9 Å². The number of carbonyl (C=O) groups is 2. The monoisotopic (exact) mass is 563 g/mol. The SMILES string of the molecule is CCOC(=O)C1CCN(C(=O)COc2cccn3c(=O)c(-c4cc(C)n(-c5cccc(Cl)c5)n4)c(C)nc23)CC1. The highest BCUT2D eigenvalue weighted by Gasteiger charge is 2.28. The first-order valence-corrected chi connectivity index (χ1v) is 13.6. The Bertz CT molecular complexity index is 1640. The van der Waals surface area contributed by atoms with Crippen LogP contribution in [0.25, 0.3) is 22.6 Å². The van der Waals surface area contributed by atoms with Gasteiger partial charge in [0.15, 0.2) is 18.0 Å². The molecule has 0 radical (unpaired) electrons. The van der Waals surface area contributed by atoms with Crippen molar-refractivity contribution in [3.05, 3.63) is 75.4 Å². The lowest BCUT2D eigenvalue weighted by Crippen LogP contribution is -2.42. The molecule has 0 spiro atoms. The van der Waals surface area contributed by atoms with Crippen molar-refractivity contribution in [2.45, 2.75) is 33.6 Å². The molecule has 1 aliphatic heterocycles. The van der Waals surface area contributed by atoms with Gasteiger partial charge < -0.3 is 14.4 Å². The molecule has 10 nitrogen and oxygen atoms in total. The predicted octanol–water partition coefficient (Wildman–Crippen LogP) is 4.00. The molecule has 0 unspecified atom stereocenters. The van der Waals surface area contributed by atoms with Crippen molar-refractivity contribution in [1.29, 1.82) is 0 Å². The van der Waals surface area contributed by atoms with E-state index in [1.165, 1.54) is 4.40 Å². The van der Waals surface area contributed by atoms with Crippen LogP contribution in [0, 0.1) is 19.8 Å². The van der Waals surface area contributed by atoms with Crippen molar-refractivity contribution < 1.29 is 19.1 Å². The minimum Gasteiger partial charge on any atom is -0.480 e. The Labute approximate surface area is 236 Å². The van der Waals surface area contributed by atoms with Crippen LogP contribution < -0.4 is 10.3 Å². The lowest BCUT2D eigenvalue weighted by atomic mass is 9.97. The van der Waals surface area contributed by atoms with Crippen molar-refractivity contribution >= 4 is 29.1 Å². The Balaban J connectivity index is 1.35. The molecule has 0 aliphatic carbocycles. The Morgan fingerprint density at radius 1 is 1.10 bits per heavy atom. The fourth-order valence-electron chi connectivity index (χ4n) is 4.97. The number of likely N-dealkylation sites (tertiary alicyclic amines) is 1. The standard InChI is InChI=1S/C29H30ClN5O5/c1-4-39-29(38)20-10-13-33(14-11-20)25(36)17-40-24-9-6-12-34-27(24)31-19(3)26(28(34)37)23-15-18(2)35(32-23)22-8-5-7-21(30)16-22/h5-9,12,15-16,20H,4,10-11,13-14,17H2,1-3H3. The van der Waals surface area contributed by atoms with Gasteiger partial charge >= 0.3 is 5.97 Å². The lowest BCUT2D eigenvalue weighted by Gasteiger charge is -2.30. The van der Waals surface area contributed by atoms with Gasteiger partial charge in [0.2, 0.25) is 0 Å². The maximum absolute atomic E-state index is 13.6. The Morgan fingerprint density at radius 3 is 2.60 bits per heavy atom. The Morgan fingerprint density at radius 2 is 1.88 bits per heavy atom. The molecular formula is C29H30ClN5O5. The van der Waals surface area contributed by atoms with E-state index in [9.17, 15) is 14.4 Å². The largest absolute Gasteiger partial charge is 0.480 e. The number of esters is 1. The second-order valence-corrected chi connectivity index (χ2v) is 10.1. The first-order chi connectivity index (χ1) is 19.3. The molecule has 1 saturated heterocycles. The van der Waals surface area contributed by atoms with Gasteiger partial charge in [-0.25, -0.2) is 9.67 Å². The van der Waals surface area contributed by atoms with E-state index in [4.69, 9.17) is 21.1 Å². The normalized spacial score (nSPS) is 13.9. The molecule has 208 valence electrons. The van der Waals surface area contributed by atoms with Gasteiger partial charge in [-0.2, -0.15) is 5.10 Å². The highest BCUT2D eigenvalue weighted by molar-refractivity contribution is 6.30. The summed E-state index contributed by atoms with van der Waals surface area (Å²) < 4.78 is 14.1. The zero-order valence-electron chi connectivity index (χ0n) is 22.6. The lowest BCUT2D eigenvalue weighted by molar-refractivity contribution is -0.151. The van der Waals surface area contributed by atoms with Gasteiger partial charge in [-0.3, -0.25) is 18.8 Å². The topological polar surface area (TPSA) is 108 Å². The molecule has 1 aromatic carbocycles. The van der Waals surface area contributed by atoms with Gasteiger partial charge in [0.1, 0.15) is 5.69 Å². The second kappa shape index (κ2) is 11.5. The maximum Gasteiger partial charge on any atom is 0.309 e. The van der Waals surface area contributed by atoms with Crippen molar-refractivity contribution in [3.63, 3.8) is 0 Å². The van der Waals surface area contributed by atoms with E-state index in [0.717, 1.165) is 11.4 Å². The Hall–Kier alpha value is -4.18. The quantitative estimate of drug-likeness (QED) is 0.313. The molecule has 0 atom stereocenters. The summed E-state index contributed by atoms with van der Waals surface area (Å²) in [5, 5.41) is 5.26. The molecule has 1 fully saturated rings. The van der Waals surface area contributed by atoms with Crippen LogP contribution in [-0.2, 0) is 14.3 Å². The summed E-state index contributed by atoms with van der Waals surface area (Å²) in [6.45, 7) is 6.50. The highest BCUT2D eigenvalue weighted by Crippen LogP contribution is 2.25. The molecule has 0 bridgehead atoms. The third kappa shape index (κ3) is 5.44. The molecule has 4 aromatic rings. The molecule has 0 saturated carbocycles. The first kappa shape index (κ1) is 27.4. The smallest absolute Gasteiger partial charge is 0.309 e. The van der Waals surface area contributed by atoms with E-state index >= 15 is 0 Å². The summed E-state index contributed by atoms with van der Waals surface area (Å²) >= 11 is 6.16. The third-order valence-corrected chi connectivity index (χ3v) is 7.25. The summed E-state index contributed by atoms with van der Waals surface area (Å²) in [6.07, 6.45) is 2.73.